The summed E-state index contributed by atoms with van der Waals surface area (Å²) in [5.41, 5.74) is 2.89. The Kier molecular flexibility index (Phi) is 7.39. The molecule has 0 radical (unpaired) electrons. The lowest BCUT2D eigenvalue weighted by atomic mass is 9.92. The SMILES string of the molecule is C[N+](C)(Cc1cccc(NC(=O)C=Cc2ccc(Cl)c(Cl)c2)c1)C1CCCCC1. The number of halogens is 2. The van der Waals surface area contributed by atoms with E-state index in [0.29, 0.717) is 10.0 Å². The maximum Gasteiger partial charge on any atom is 0.248 e. The first kappa shape index (κ1) is 21.9. The lowest BCUT2D eigenvalue weighted by Crippen LogP contribution is -2.48. The van der Waals surface area contributed by atoms with Crippen molar-refractivity contribution in [3.8, 4) is 0 Å². The van der Waals surface area contributed by atoms with E-state index in [-0.39, 0.29) is 5.91 Å². The topological polar surface area (TPSA) is 29.1 Å². The molecule has 29 heavy (non-hydrogen) atoms. The van der Waals surface area contributed by atoms with Crippen molar-refractivity contribution in [2.75, 3.05) is 19.4 Å². The first-order valence-corrected chi connectivity index (χ1v) is 10.9. The number of benzene rings is 2. The van der Waals surface area contributed by atoms with Crippen LogP contribution in [0.1, 0.15) is 43.2 Å². The highest BCUT2D eigenvalue weighted by atomic mass is 35.5. The van der Waals surface area contributed by atoms with E-state index in [2.05, 4.69) is 31.5 Å². The van der Waals surface area contributed by atoms with Crippen molar-refractivity contribution in [3.05, 3.63) is 69.7 Å². The summed E-state index contributed by atoms with van der Waals surface area (Å²) in [6.07, 6.45) is 9.90. The summed E-state index contributed by atoms with van der Waals surface area (Å²) in [6, 6.07) is 14.2. The Bertz CT molecular complexity index is 886. The van der Waals surface area contributed by atoms with Crippen molar-refractivity contribution in [3.63, 3.8) is 0 Å². The molecule has 1 aliphatic carbocycles. The van der Waals surface area contributed by atoms with Crippen LogP contribution >= 0.6 is 23.2 Å². The van der Waals surface area contributed by atoms with Crippen LogP contribution in [0.3, 0.4) is 0 Å². The molecule has 0 bridgehead atoms. The van der Waals surface area contributed by atoms with Crippen LogP contribution in [-0.2, 0) is 11.3 Å². The van der Waals surface area contributed by atoms with Crippen LogP contribution in [0.15, 0.2) is 48.5 Å². The number of carbonyl (C=O) groups is 1. The van der Waals surface area contributed by atoms with E-state index in [9.17, 15) is 4.79 Å². The van der Waals surface area contributed by atoms with Gasteiger partial charge >= 0.3 is 0 Å². The summed E-state index contributed by atoms with van der Waals surface area (Å²) in [6.45, 7) is 0.966. The second-order valence-electron chi connectivity index (χ2n) is 8.43. The third-order valence-corrected chi connectivity index (χ3v) is 6.46. The van der Waals surface area contributed by atoms with Crippen LogP contribution in [0.2, 0.25) is 10.0 Å². The summed E-state index contributed by atoms with van der Waals surface area (Å²) >= 11 is 11.9. The summed E-state index contributed by atoms with van der Waals surface area (Å²) in [7, 11) is 4.64. The van der Waals surface area contributed by atoms with Gasteiger partial charge in [-0.1, -0.05) is 47.8 Å². The molecule has 1 aliphatic rings. The zero-order valence-electron chi connectivity index (χ0n) is 17.1. The van der Waals surface area contributed by atoms with Crippen molar-refractivity contribution in [1.29, 1.82) is 0 Å². The number of rotatable bonds is 6. The maximum atomic E-state index is 12.3. The largest absolute Gasteiger partial charge is 0.322 e. The van der Waals surface area contributed by atoms with E-state index < -0.39 is 0 Å². The number of anilines is 1. The number of amides is 1. The summed E-state index contributed by atoms with van der Waals surface area (Å²) < 4.78 is 0.995. The number of carbonyl (C=O) groups excluding carboxylic acids is 1. The zero-order chi connectivity index (χ0) is 20.9. The Hall–Kier alpha value is -1.81. The molecule has 0 unspecified atom stereocenters. The van der Waals surface area contributed by atoms with Crippen molar-refractivity contribution in [1.82, 2.24) is 0 Å². The van der Waals surface area contributed by atoms with Crippen LogP contribution < -0.4 is 5.32 Å². The Morgan fingerprint density at radius 3 is 2.55 bits per heavy atom. The number of quaternary nitrogens is 1. The first-order valence-electron chi connectivity index (χ1n) is 10.2. The van der Waals surface area contributed by atoms with E-state index in [1.807, 2.05) is 18.2 Å². The molecule has 1 fully saturated rings. The molecule has 0 saturated heterocycles. The normalized spacial score (nSPS) is 15.6. The van der Waals surface area contributed by atoms with Gasteiger partial charge in [0, 0.05) is 17.3 Å². The summed E-state index contributed by atoms with van der Waals surface area (Å²) in [4.78, 5) is 12.3. The standard InChI is InChI=1S/C24H28Cl2N2O/c1-28(2,21-9-4-3-5-10-21)17-19-7-6-8-20(15-19)27-24(29)14-12-18-11-13-22(25)23(26)16-18/h6-8,11-16,21H,3-5,9-10,17H2,1-2H3/p+1. The highest BCUT2D eigenvalue weighted by Crippen LogP contribution is 2.28. The van der Waals surface area contributed by atoms with Crippen molar-refractivity contribution >= 4 is 40.9 Å². The van der Waals surface area contributed by atoms with Crippen LogP contribution in [0.25, 0.3) is 6.08 Å². The average Bonchev–Trinajstić information content (AvgIpc) is 2.69. The Balaban J connectivity index is 1.62. The van der Waals surface area contributed by atoms with Gasteiger partial charge in [0.15, 0.2) is 0 Å². The van der Waals surface area contributed by atoms with Crippen LogP contribution in [0, 0.1) is 0 Å². The van der Waals surface area contributed by atoms with Gasteiger partial charge in [-0.3, -0.25) is 4.79 Å². The molecule has 0 heterocycles. The Morgan fingerprint density at radius 2 is 1.83 bits per heavy atom. The fourth-order valence-electron chi connectivity index (χ4n) is 4.10. The number of nitrogens with one attached hydrogen (secondary N) is 1. The number of hydrogen-bond acceptors (Lipinski definition) is 1. The summed E-state index contributed by atoms with van der Waals surface area (Å²) in [5.74, 6) is -0.172. The fourth-order valence-corrected chi connectivity index (χ4v) is 4.41. The molecule has 2 aromatic rings. The summed E-state index contributed by atoms with van der Waals surface area (Å²) in [5, 5.41) is 3.92. The van der Waals surface area contributed by atoms with Crippen molar-refractivity contribution < 1.29 is 9.28 Å². The average molecular weight is 432 g/mol. The molecule has 1 N–H and O–H groups in total. The molecule has 0 spiro atoms. The zero-order valence-corrected chi connectivity index (χ0v) is 18.6. The minimum absolute atomic E-state index is 0.172. The van der Waals surface area contributed by atoms with E-state index >= 15 is 0 Å². The lowest BCUT2D eigenvalue weighted by Gasteiger charge is -2.40. The first-order chi connectivity index (χ1) is 13.8. The fraction of sp³-hybridized carbons (Fsp3) is 0.375. The van der Waals surface area contributed by atoms with Crippen molar-refractivity contribution in [2.24, 2.45) is 0 Å². The van der Waals surface area contributed by atoms with Gasteiger partial charge in [-0.15, -0.1) is 0 Å². The number of hydrogen-bond donors (Lipinski definition) is 1. The van der Waals surface area contributed by atoms with Crippen LogP contribution in [0.5, 0.6) is 0 Å². The van der Waals surface area contributed by atoms with E-state index in [1.165, 1.54) is 43.7 Å². The molecule has 0 aliphatic heterocycles. The maximum absolute atomic E-state index is 12.3. The molecule has 3 rings (SSSR count). The molecule has 2 aromatic carbocycles. The monoisotopic (exact) mass is 431 g/mol. The number of nitrogens with zero attached hydrogens (tertiary/aromatic N) is 1. The second-order valence-corrected chi connectivity index (χ2v) is 9.24. The van der Waals surface area contributed by atoms with Gasteiger partial charge in [-0.05, 0) is 61.6 Å². The predicted molar refractivity (Wildman–Crippen MR) is 123 cm³/mol. The Morgan fingerprint density at radius 1 is 1.07 bits per heavy atom. The molecule has 1 amide bonds. The lowest BCUT2D eigenvalue weighted by molar-refractivity contribution is -0.929. The van der Waals surface area contributed by atoms with Gasteiger partial charge < -0.3 is 9.80 Å². The van der Waals surface area contributed by atoms with Gasteiger partial charge in [0.25, 0.3) is 0 Å². The van der Waals surface area contributed by atoms with Crippen molar-refractivity contribution in [2.45, 2.75) is 44.7 Å². The highest BCUT2D eigenvalue weighted by Gasteiger charge is 2.29. The van der Waals surface area contributed by atoms with Crippen LogP contribution in [0.4, 0.5) is 5.69 Å². The molecular weight excluding hydrogens is 403 g/mol. The molecule has 3 nitrogen and oxygen atoms in total. The third-order valence-electron chi connectivity index (χ3n) is 5.72. The highest BCUT2D eigenvalue weighted by molar-refractivity contribution is 6.42. The van der Waals surface area contributed by atoms with E-state index in [1.54, 1.807) is 18.2 Å². The quantitative estimate of drug-likeness (QED) is 0.407. The molecule has 0 aromatic heterocycles. The smallest absolute Gasteiger partial charge is 0.248 e. The van der Waals surface area contributed by atoms with Gasteiger partial charge in [-0.2, -0.15) is 0 Å². The minimum Gasteiger partial charge on any atom is -0.322 e. The van der Waals surface area contributed by atoms with Gasteiger partial charge in [-0.25, -0.2) is 0 Å². The van der Waals surface area contributed by atoms with Gasteiger partial charge in [0.2, 0.25) is 5.91 Å². The minimum atomic E-state index is -0.172. The Labute approximate surface area is 183 Å². The van der Waals surface area contributed by atoms with Crippen LogP contribution in [-0.4, -0.2) is 30.5 Å². The third kappa shape index (κ3) is 6.33. The molecule has 0 atom stereocenters. The van der Waals surface area contributed by atoms with E-state index in [0.717, 1.165) is 28.3 Å². The van der Waals surface area contributed by atoms with E-state index in [4.69, 9.17) is 23.2 Å². The molecule has 5 heteroatoms. The molecule has 154 valence electrons. The van der Waals surface area contributed by atoms with Gasteiger partial charge in [0.05, 0.1) is 30.2 Å². The molecule has 1 saturated carbocycles. The molecular formula is C24H29Cl2N2O+. The predicted octanol–water partition coefficient (Wildman–Crippen LogP) is 6.55. The van der Waals surface area contributed by atoms with Gasteiger partial charge in [0.1, 0.15) is 6.54 Å². The second kappa shape index (κ2) is 9.80.